The Bertz CT molecular complexity index is 1410. The highest BCUT2D eigenvalue weighted by atomic mass is 79.9. The molecule has 178 valence electrons. The van der Waals surface area contributed by atoms with Crippen LogP contribution < -0.4 is 0 Å². The first kappa shape index (κ1) is 23.2. The summed E-state index contributed by atoms with van der Waals surface area (Å²) in [5, 5.41) is 4.87. The molecule has 3 heterocycles. The maximum atomic E-state index is 13.2. The van der Waals surface area contributed by atoms with Crippen molar-refractivity contribution in [1.82, 2.24) is 24.0 Å². The molecule has 0 amide bonds. The number of oxazole rings is 1. The minimum absolute atomic E-state index is 0.178. The van der Waals surface area contributed by atoms with Crippen molar-refractivity contribution in [2.75, 3.05) is 26.2 Å². The van der Waals surface area contributed by atoms with Gasteiger partial charge >= 0.3 is 0 Å². The average Bonchev–Trinajstić information content (AvgIpc) is 3.47. The Hall–Kier alpha value is -2.53. The summed E-state index contributed by atoms with van der Waals surface area (Å²) in [4.78, 5) is 9.52. The lowest BCUT2D eigenvalue weighted by molar-refractivity contribution is 0.0992. The summed E-state index contributed by atoms with van der Waals surface area (Å²) in [5.41, 5.74) is 1.15. The van der Waals surface area contributed by atoms with Gasteiger partial charge in [0, 0.05) is 47.6 Å². The average molecular weight is 544 g/mol. The molecule has 10 heteroatoms. The molecule has 5 rings (SSSR count). The molecule has 1 aliphatic heterocycles. The molecular formula is C24H26BrN5O3S. The summed E-state index contributed by atoms with van der Waals surface area (Å²) in [6.45, 7) is 9.20. The number of hydrogen-bond acceptors (Lipinski definition) is 7. The molecular weight excluding hydrogens is 518 g/mol. The van der Waals surface area contributed by atoms with Gasteiger partial charge in [-0.05, 0) is 38.1 Å². The number of piperazine rings is 1. The molecule has 2 aromatic heterocycles. The number of halogens is 1. The normalized spacial score (nSPS) is 16.0. The highest BCUT2D eigenvalue weighted by molar-refractivity contribution is 9.10. The maximum absolute atomic E-state index is 13.2. The maximum Gasteiger partial charge on any atom is 0.283 e. The second-order valence-corrected chi connectivity index (χ2v) is 11.4. The second kappa shape index (κ2) is 9.26. The van der Waals surface area contributed by atoms with E-state index in [2.05, 4.69) is 49.7 Å². The lowest BCUT2D eigenvalue weighted by atomic mass is 10.1. The summed E-state index contributed by atoms with van der Waals surface area (Å²) in [5.74, 6) is 1.23. The van der Waals surface area contributed by atoms with Crippen LogP contribution in [0, 0.1) is 0 Å². The van der Waals surface area contributed by atoms with Gasteiger partial charge in [-0.2, -0.15) is 17.6 Å². The van der Waals surface area contributed by atoms with Crippen molar-refractivity contribution in [2.24, 2.45) is 0 Å². The Morgan fingerprint density at radius 1 is 1.06 bits per heavy atom. The minimum Gasteiger partial charge on any atom is -0.440 e. The molecule has 8 nitrogen and oxygen atoms in total. The topological polar surface area (TPSA) is 84.5 Å². The lowest BCUT2D eigenvalue weighted by Crippen LogP contribution is -2.48. The molecule has 34 heavy (non-hydrogen) atoms. The highest BCUT2D eigenvalue weighted by Gasteiger charge is 2.24. The Balaban J connectivity index is 1.44. The highest BCUT2D eigenvalue weighted by Crippen LogP contribution is 2.33. The first-order chi connectivity index (χ1) is 16.3. The van der Waals surface area contributed by atoms with E-state index in [1.165, 1.54) is 0 Å². The van der Waals surface area contributed by atoms with Crippen molar-refractivity contribution in [3.63, 3.8) is 0 Å². The summed E-state index contributed by atoms with van der Waals surface area (Å²) >= 11 is 3.51. The Kier molecular flexibility index (Phi) is 6.32. The number of fused-ring (bicyclic) bond motifs is 1. The van der Waals surface area contributed by atoms with Crippen LogP contribution in [0.15, 0.2) is 68.6 Å². The van der Waals surface area contributed by atoms with E-state index in [1.807, 2.05) is 6.07 Å². The molecule has 4 aromatic rings. The van der Waals surface area contributed by atoms with E-state index >= 15 is 0 Å². The van der Waals surface area contributed by atoms with Crippen molar-refractivity contribution >= 4 is 36.9 Å². The van der Waals surface area contributed by atoms with E-state index in [-0.39, 0.29) is 4.90 Å². The third kappa shape index (κ3) is 4.43. The molecule has 0 saturated carbocycles. The standard InChI is InChI=1S/C24H26BrN5O3S/c1-17(2)29-10-8-28(9-11-29)16-19-14-26-24(33-19)21-12-18(25)13-23-22(21)15-27-30(23)34(31,32)20-6-4-3-5-7-20/h3-7,12-15,17H,8-11,16H2,1-2H3. The van der Waals surface area contributed by atoms with Crippen LogP contribution in [-0.4, -0.2) is 64.6 Å². The van der Waals surface area contributed by atoms with Crippen LogP contribution in [0.5, 0.6) is 0 Å². The number of rotatable bonds is 6. The van der Waals surface area contributed by atoms with Gasteiger partial charge in [-0.1, -0.05) is 34.1 Å². The van der Waals surface area contributed by atoms with E-state index in [9.17, 15) is 8.42 Å². The van der Waals surface area contributed by atoms with Crippen molar-refractivity contribution in [3.05, 3.63) is 65.1 Å². The zero-order valence-electron chi connectivity index (χ0n) is 19.1. The van der Waals surface area contributed by atoms with E-state index in [4.69, 9.17) is 4.42 Å². The smallest absolute Gasteiger partial charge is 0.283 e. The molecule has 0 bridgehead atoms. The number of hydrogen-bond donors (Lipinski definition) is 0. The van der Waals surface area contributed by atoms with Gasteiger partial charge in [-0.15, -0.1) is 0 Å². The Morgan fingerprint density at radius 2 is 1.79 bits per heavy atom. The number of aromatic nitrogens is 3. The second-order valence-electron chi connectivity index (χ2n) is 8.73. The van der Waals surface area contributed by atoms with Gasteiger partial charge in [0.2, 0.25) is 5.89 Å². The first-order valence-corrected chi connectivity index (χ1v) is 13.5. The van der Waals surface area contributed by atoms with E-state index < -0.39 is 10.0 Å². The van der Waals surface area contributed by atoms with Crippen molar-refractivity contribution in [1.29, 1.82) is 0 Å². The molecule has 1 saturated heterocycles. The predicted octanol–water partition coefficient (Wildman–Crippen LogP) is 4.22. The fourth-order valence-electron chi connectivity index (χ4n) is 4.29. The summed E-state index contributed by atoms with van der Waals surface area (Å²) in [7, 11) is -3.84. The van der Waals surface area contributed by atoms with Crippen LogP contribution in [0.3, 0.4) is 0 Å². The van der Waals surface area contributed by atoms with Gasteiger partial charge in [-0.25, -0.2) is 4.98 Å². The molecule has 0 spiro atoms. The zero-order valence-corrected chi connectivity index (χ0v) is 21.5. The number of nitrogens with zero attached hydrogens (tertiary/aromatic N) is 5. The van der Waals surface area contributed by atoms with Gasteiger partial charge in [0.15, 0.2) is 0 Å². The Labute approximate surface area is 207 Å². The minimum atomic E-state index is -3.84. The zero-order chi connectivity index (χ0) is 23.9. The molecule has 1 aliphatic rings. The van der Waals surface area contributed by atoms with Crippen LogP contribution >= 0.6 is 15.9 Å². The molecule has 2 aromatic carbocycles. The summed E-state index contributed by atoms with van der Waals surface area (Å²) in [6, 6.07) is 12.5. The van der Waals surface area contributed by atoms with Gasteiger partial charge in [0.1, 0.15) is 5.76 Å². The van der Waals surface area contributed by atoms with Crippen molar-refractivity contribution in [3.8, 4) is 11.5 Å². The monoisotopic (exact) mass is 543 g/mol. The van der Waals surface area contributed by atoms with Crippen LogP contribution in [0.25, 0.3) is 22.4 Å². The fraction of sp³-hybridized carbons (Fsp3) is 0.333. The predicted molar refractivity (Wildman–Crippen MR) is 134 cm³/mol. The molecule has 0 aliphatic carbocycles. The quantitative estimate of drug-likeness (QED) is 0.360. The van der Waals surface area contributed by atoms with E-state index in [0.29, 0.717) is 39.4 Å². The van der Waals surface area contributed by atoms with Gasteiger partial charge < -0.3 is 4.42 Å². The largest absolute Gasteiger partial charge is 0.440 e. The summed E-state index contributed by atoms with van der Waals surface area (Å²) in [6.07, 6.45) is 3.30. The molecule has 0 unspecified atom stereocenters. The SMILES string of the molecule is CC(C)N1CCN(Cc2cnc(-c3cc(Br)cc4c3cnn4S(=O)(=O)c3ccccc3)o2)CC1. The number of benzene rings is 2. The third-order valence-corrected chi connectivity index (χ3v) is 8.26. The van der Waals surface area contributed by atoms with Crippen molar-refractivity contribution in [2.45, 2.75) is 31.3 Å². The molecule has 0 atom stereocenters. The van der Waals surface area contributed by atoms with Gasteiger partial charge in [-0.3, -0.25) is 9.80 Å². The Morgan fingerprint density at radius 3 is 2.50 bits per heavy atom. The summed E-state index contributed by atoms with van der Waals surface area (Å²) < 4.78 is 34.3. The van der Waals surface area contributed by atoms with Crippen molar-refractivity contribution < 1.29 is 12.8 Å². The third-order valence-electron chi connectivity index (χ3n) is 6.19. The van der Waals surface area contributed by atoms with Gasteiger partial charge in [0.25, 0.3) is 10.0 Å². The molecule has 0 N–H and O–H groups in total. The van der Waals surface area contributed by atoms with Crippen LogP contribution in [0.4, 0.5) is 0 Å². The van der Waals surface area contributed by atoms with Crippen LogP contribution in [0.2, 0.25) is 0 Å². The van der Waals surface area contributed by atoms with Gasteiger partial charge in [0.05, 0.1) is 29.4 Å². The first-order valence-electron chi connectivity index (χ1n) is 11.2. The molecule has 0 radical (unpaired) electrons. The molecule has 1 fully saturated rings. The van der Waals surface area contributed by atoms with Crippen LogP contribution in [-0.2, 0) is 16.6 Å². The van der Waals surface area contributed by atoms with E-state index in [1.54, 1.807) is 48.8 Å². The van der Waals surface area contributed by atoms with E-state index in [0.717, 1.165) is 36.0 Å². The van der Waals surface area contributed by atoms with Crippen LogP contribution in [0.1, 0.15) is 19.6 Å². The fourth-order valence-corrected chi connectivity index (χ4v) is 6.02. The lowest BCUT2D eigenvalue weighted by Gasteiger charge is -2.36.